The van der Waals surface area contributed by atoms with E-state index >= 15 is 0 Å². The van der Waals surface area contributed by atoms with Crippen molar-refractivity contribution in [2.24, 2.45) is 5.92 Å². The van der Waals surface area contributed by atoms with E-state index in [1.807, 2.05) is 24.3 Å². The summed E-state index contributed by atoms with van der Waals surface area (Å²) in [6.45, 7) is 5.90. The molecule has 7 heteroatoms. The van der Waals surface area contributed by atoms with Crippen LogP contribution in [0.15, 0.2) is 42.5 Å². The van der Waals surface area contributed by atoms with Crippen molar-refractivity contribution in [1.82, 2.24) is 0 Å². The summed E-state index contributed by atoms with van der Waals surface area (Å²) in [5.41, 5.74) is 2.72. The van der Waals surface area contributed by atoms with Crippen molar-refractivity contribution in [3.05, 3.63) is 58.1 Å². The number of hydrogen-bond acceptors (Lipinski definition) is 5. The predicted molar refractivity (Wildman–Crippen MR) is 124 cm³/mol. The van der Waals surface area contributed by atoms with Crippen molar-refractivity contribution in [3.8, 4) is 0 Å². The Labute approximate surface area is 183 Å². The number of amides is 1. The Morgan fingerprint density at radius 2 is 1.71 bits per heavy atom. The first-order chi connectivity index (χ1) is 15.0. The van der Waals surface area contributed by atoms with Gasteiger partial charge in [-0.3, -0.25) is 14.9 Å². The third kappa shape index (κ3) is 4.98. The molecular formula is C24H30N4O3. The third-order valence-corrected chi connectivity index (χ3v) is 6.28. The molecule has 0 unspecified atom stereocenters. The number of nitrogens with one attached hydrogen (secondary N) is 1. The SMILES string of the molecule is C[C@@H]1CCCN(c2ccc(C(=O)Nc3ccc(N4CCCCC4)cc3)cc2[N+](=O)[O-])C1. The van der Waals surface area contributed by atoms with E-state index in [0.29, 0.717) is 22.9 Å². The number of hydrogen-bond donors (Lipinski definition) is 1. The maximum absolute atomic E-state index is 12.8. The van der Waals surface area contributed by atoms with Gasteiger partial charge in [-0.05, 0) is 74.4 Å². The Balaban J connectivity index is 1.48. The van der Waals surface area contributed by atoms with Gasteiger partial charge in [0.2, 0.25) is 0 Å². The average molecular weight is 423 g/mol. The number of nitro benzene ring substituents is 1. The van der Waals surface area contributed by atoms with Crippen molar-refractivity contribution in [1.29, 1.82) is 0 Å². The van der Waals surface area contributed by atoms with E-state index in [2.05, 4.69) is 22.0 Å². The molecule has 0 saturated carbocycles. The van der Waals surface area contributed by atoms with Crippen LogP contribution in [0.4, 0.5) is 22.7 Å². The fraction of sp³-hybridized carbons (Fsp3) is 0.458. The lowest BCUT2D eigenvalue weighted by Crippen LogP contribution is -2.34. The number of nitro groups is 1. The molecule has 31 heavy (non-hydrogen) atoms. The highest BCUT2D eigenvalue weighted by atomic mass is 16.6. The van der Waals surface area contributed by atoms with Crippen LogP contribution in [0.2, 0.25) is 0 Å². The fourth-order valence-electron chi connectivity index (χ4n) is 4.60. The van der Waals surface area contributed by atoms with Gasteiger partial charge in [-0.25, -0.2) is 0 Å². The number of nitrogens with zero attached hydrogens (tertiary/aromatic N) is 3. The van der Waals surface area contributed by atoms with E-state index in [1.165, 1.54) is 25.3 Å². The Morgan fingerprint density at radius 3 is 2.39 bits per heavy atom. The van der Waals surface area contributed by atoms with E-state index in [9.17, 15) is 14.9 Å². The summed E-state index contributed by atoms with van der Waals surface area (Å²) in [6, 6.07) is 12.6. The molecule has 1 amide bonds. The van der Waals surface area contributed by atoms with E-state index in [4.69, 9.17) is 0 Å². The van der Waals surface area contributed by atoms with Gasteiger partial charge in [0.25, 0.3) is 11.6 Å². The van der Waals surface area contributed by atoms with Crippen LogP contribution in [0, 0.1) is 16.0 Å². The smallest absolute Gasteiger partial charge is 0.293 e. The second-order valence-electron chi connectivity index (χ2n) is 8.70. The van der Waals surface area contributed by atoms with Crippen LogP contribution in [-0.4, -0.2) is 37.0 Å². The van der Waals surface area contributed by atoms with Crippen molar-refractivity contribution < 1.29 is 9.72 Å². The van der Waals surface area contributed by atoms with Gasteiger partial charge < -0.3 is 15.1 Å². The lowest BCUT2D eigenvalue weighted by atomic mass is 9.99. The highest BCUT2D eigenvalue weighted by molar-refractivity contribution is 6.05. The van der Waals surface area contributed by atoms with Crippen LogP contribution in [0.5, 0.6) is 0 Å². The molecule has 2 aromatic rings. The summed E-state index contributed by atoms with van der Waals surface area (Å²) >= 11 is 0. The Kier molecular flexibility index (Phi) is 6.39. The zero-order valence-electron chi connectivity index (χ0n) is 18.0. The third-order valence-electron chi connectivity index (χ3n) is 6.28. The summed E-state index contributed by atoms with van der Waals surface area (Å²) in [7, 11) is 0. The highest BCUT2D eigenvalue weighted by Crippen LogP contribution is 2.32. The fourth-order valence-corrected chi connectivity index (χ4v) is 4.60. The predicted octanol–water partition coefficient (Wildman–Crippen LogP) is 5.07. The first-order valence-electron chi connectivity index (χ1n) is 11.2. The monoisotopic (exact) mass is 422 g/mol. The van der Waals surface area contributed by atoms with Crippen LogP contribution in [0.3, 0.4) is 0 Å². The summed E-state index contributed by atoms with van der Waals surface area (Å²) in [4.78, 5) is 28.5. The second kappa shape index (κ2) is 9.37. The molecule has 4 rings (SSSR count). The maximum Gasteiger partial charge on any atom is 0.293 e. The van der Waals surface area contributed by atoms with E-state index in [-0.39, 0.29) is 11.6 Å². The quantitative estimate of drug-likeness (QED) is 0.537. The zero-order valence-corrected chi connectivity index (χ0v) is 18.0. The van der Waals surface area contributed by atoms with Crippen LogP contribution in [0.1, 0.15) is 49.4 Å². The molecule has 0 bridgehead atoms. The standard InChI is InChI=1S/C24H30N4O3/c1-18-6-5-15-27(17-18)22-12-7-19(16-23(22)28(30)31)24(29)25-20-8-10-21(11-9-20)26-13-3-2-4-14-26/h7-12,16,18H,2-6,13-15,17H2,1H3,(H,25,29)/t18-/m1/s1. The topological polar surface area (TPSA) is 78.7 Å². The zero-order chi connectivity index (χ0) is 21.8. The molecule has 0 radical (unpaired) electrons. The Bertz CT molecular complexity index is 938. The van der Waals surface area contributed by atoms with Crippen LogP contribution in [0.25, 0.3) is 0 Å². The number of anilines is 3. The minimum Gasteiger partial charge on any atom is -0.372 e. The summed E-state index contributed by atoms with van der Waals surface area (Å²) in [5, 5.41) is 14.6. The summed E-state index contributed by atoms with van der Waals surface area (Å²) < 4.78 is 0. The minimum absolute atomic E-state index is 0.0119. The van der Waals surface area contributed by atoms with Crippen molar-refractivity contribution in [2.45, 2.75) is 39.0 Å². The minimum atomic E-state index is -0.390. The Hall–Kier alpha value is -3.09. The van der Waals surface area contributed by atoms with E-state index in [0.717, 1.165) is 44.7 Å². The molecule has 0 spiro atoms. The van der Waals surface area contributed by atoms with Crippen molar-refractivity contribution >= 4 is 28.7 Å². The Morgan fingerprint density at radius 1 is 1.00 bits per heavy atom. The molecule has 7 nitrogen and oxygen atoms in total. The molecule has 164 valence electrons. The number of piperidine rings is 2. The van der Waals surface area contributed by atoms with Crippen LogP contribution in [-0.2, 0) is 0 Å². The molecule has 2 heterocycles. The molecule has 2 aliphatic heterocycles. The van der Waals surface area contributed by atoms with Gasteiger partial charge in [-0.2, -0.15) is 0 Å². The normalized spacial score (nSPS) is 19.2. The molecular weight excluding hydrogens is 392 g/mol. The van der Waals surface area contributed by atoms with Gasteiger partial charge >= 0.3 is 0 Å². The van der Waals surface area contributed by atoms with Gasteiger partial charge in [0, 0.05) is 49.2 Å². The van der Waals surface area contributed by atoms with Gasteiger partial charge in [0.1, 0.15) is 5.69 Å². The summed E-state index contributed by atoms with van der Waals surface area (Å²) in [5.74, 6) is 0.164. The van der Waals surface area contributed by atoms with Gasteiger partial charge in [0.05, 0.1) is 4.92 Å². The number of benzene rings is 2. The number of carbonyl (C=O) groups excluding carboxylic acids is 1. The molecule has 0 aliphatic carbocycles. The lowest BCUT2D eigenvalue weighted by molar-refractivity contribution is -0.384. The lowest BCUT2D eigenvalue weighted by Gasteiger charge is -2.32. The first-order valence-corrected chi connectivity index (χ1v) is 11.2. The first kappa shape index (κ1) is 21.2. The number of carbonyl (C=O) groups is 1. The van der Waals surface area contributed by atoms with E-state index < -0.39 is 4.92 Å². The van der Waals surface area contributed by atoms with Gasteiger partial charge in [-0.1, -0.05) is 6.92 Å². The van der Waals surface area contributed by atoms with Gasteiger partial charge in [0.15, 0.2) is 0 Å². The average Bonchev–Trinajstić information content (AvgIpc) is 2.79. The second-order valence-corrected chi connectivity index (χ2v) is 8.70. The molecule has 1 atom stereocenters. The highest BCUT2D eigenvalue weighted by Gasteiger charge is 2.25. The largest absolute Gasteiger partial charge is 0.372 e. The molecule has 1 N–H and O–H groups in total. The van der Waals surface area contributed by atoms with Crippen LogP contribution >= 0.6 is 0 Å². The van der Waals surface area contributed by atoms with Crippen molar-refractivity contribution in [3.63, 3.8) is 0 Å². The maximum atomic E-state index is 12.8. The van der Waals surface area contributed by atoms with E-state index in [1.54, 1.807) is 12.1 Å². The van der Waals surface area contributed by atoms with Crippen molar-refractivity contribution in [2.75, 3.05) is 41.3 Å². The summed E-state index contributed by atoms with van der Waals surface area (Å²) in [6.07, 6.45) is 5.87. The van der Waals surface area contributed by atoms with Crippen LogP contribution < -0.4 is 15.1 Å². The molecule has 2 saturated heterocycles. The molecule has 2 aromatic carbocycles. The molecule has 2 aliphatic rings. The molecule has 2 fully saturated rings. The molecule has 0 aromatic heterocycles. The number of rotatable bonds is 5. The van der Waals surface area contributed by atoms with Gasteiger partial charge in [-0.15, -0.1) is 0 Å².